The van der Waals surface area contributed by atoms with Crippen molar-refractivity contribution in [3.63, 3.8) is 0 Å². The van der Waals surface area contributed by atoms with Crippen LogP contribution in [0.4, 0.5) is 0 Å². The summed E-state index contributed by atoms with van der Waals surface area (Å²) in [5.41, 5.74) is 4.24. The molecular formula is C44H74O2S. The van der Waals surface area contributed by atoms with E-state index in [2.05, 4.69) is 163 Å². The highest BCUT2D eigenvalue weighted by Gasteiger charge is 2.37. The highest BCUT2D eigenvalue weighted by Crippen LogP contribution is 2.52. The Kier molecular flexibility index (Phi) is 11.7. The summed E-state index contributed by atoms with van der Waals surface area (Å²) in [6, 6.07) is 8.96. The highest BCUT2D eigenvalue weighted by molar-refractivity contribution is 7.99. The van der Waals surface area contributed by atoms with Gasteiger partial charge in [-0.1, -0.05) is 162 Å². The molecule has 0 spiro atoms. The fourth-order valence-electron chi connectivity index (χ4n) is 9.00. The zero-order valence-electron chi connectivity index (χ0n) is 34.4. The predicted molar refractivity (Wildman–Crippen MR) is 209 cm³/mol. The molecule has 0 atom stereocenters. The van der Waals surface area contributed by atoms with Crippen molar-refractivity contribution in [3.8, 4) is 11.5 Å². The Morgan fingerprint density at radius 2 is 0.617 bits per heavy atom. The molecule has 2 aromatic rings. The van der Waals surface area contributed by atoms with Gasteiger partial charge in [0.1, 0.15) is 11.5 Å². The van der Waals surface area contributed by atoms with E-state index < -0.39 is 0 Å². The SMILES string of the molecule is CC(C)(C)CC(C)(C)c1cc(Sc2cc(C(C)(C)CC(C)(C)C)cc(C(C)(C)CC(C)(C)C)c2O)c(O)c(C(C)(C)CC(C)(C)C)c1. The molecule has 0 heterocycles. The van der Waals surface area contributed by atoms with Gasteiger partial charge in [-0.05, 0) is 92.3 Å². The van der Waals surface area contributed by atoms with E-state index in [-0.39, 0.29) is 43.3 Å². The molecule has 3 heteroatoms. The summed E-state index contributed by atoms with van der Waals surface area (Å²) in [6.45, 7) is 45.9. The monoisotopic (exact) mass is 667 g/mol. The molecule has 0 saturated heterocycles. The van der Waals surface area contributed by atoms with Gasteiger partial charge in [0.15, 0.2) is 0 Å². The van der Waals surface area contributed by atoms with Gasteiger partial charge >= 0.3 is 0 Å². The largest absolute Gasteiger partial charge is 0.506 e. The summed E-state index contributed by atoms with van der Waals surface area (Å²) in [6.07, 6.45) is 3.91. The van der Waals surface area contributed by atoms with Gasteiger partial charge < -0.3 is 10.2 Å². The van der Waals surface area contributed by atoms with Crippen LogP contribution in [0.5, 0.6) is 11.5 Å². The van der Waals surface area contributed by atoms with Gasteiger partial charge in [0.2, 0.25) is 0 Å². The third-order valence-electron chi connectivity index (χ3n) is 9.28. The quantitative estimate of drug-likeness (QED) is 0.265. The Balaban J connectivity index is 2.98. The minimum atomic E-state index is -0.246. The standard InChI is InChI=1S/C44H74O2S/c1-37(2,3)25-41(13,14)29-21-31(43(17,18)27-39(7,8)9)35(45)33(23-29)47-34-24-30(42(15,16)26-38(4,5)6)22-32(36(34)46)44(19,20)28-40(10,11)12/h21-24,45-46H,25-28H2,1-20H3. The van der Waals surface area contributed by atoms with E-state index in [1.165, 1.54) is 22.9 Å². The van der Waals surface area contributed by atoms with E-state index in [4.69, 9.17) is 0 Å². The van der Waals surface area contributed by atoms with Gasteiger partial charge in [0.05, 0.1) is 9.79 Å². The first kappa shape index (κ1) is 41.6. The van der Waals surface area contributed by atoms with Crippen molar-refractivity contribution < 1.29 is 10.2 Å². The molecule has 0 aliphatic carbocycles. The van der Waals surface area contributed by atoms with Crippen LogP contribution in [0.1, 0.15) is 186 Å². The van der Waals surface area contributed by atoms with Crippen molar-refractivity contribution >= 4 is 11.8 Å². The molecule has 2 N–H and O–H groups in total. The molecule has 47 heavy (non-hydrogen) atoms. The maximum Gasteiger partial charge on any atom is 0.133 e. The van der Waals surface area contributed by atoms with E-state index in [9.17, 15) is 10.2 Å². The molecule has 2 aromatic carbocycles. The van der Waals surface area contributed by atoms with Crippen molar-refractivity contribution in [1.29, 1.82) is 0 Å². The normalized spacial score (nSPS) is 14.6. The van der Waals surface area contributed by atoms with Crippen LogP contribution in [0, 0.1) is 21.7 Å². The summed E-state index contributed by atoms with van der Waals surface area (Å²) in [5, 5.41) is 24.3. The Hall–Kier alpha value is -1.61. The lowest BCUT2D eigenvalue weighted by Gasteiger charge is -2.38. The van der Waals surface area contributed by atoms with Crippen molar-refractivity contribution in [3.05, 3.63) is 46.5 Å². The number of hydrogen-bond acceptors (Lipinski definition) is 3. The molecule has 0 saturated carbocycles. The smallest absolute Gasteiger partial charge is 0.133 e. The first-order valence-corrected chi connectivity index (χ1v) is 18.8. The summed E-state index contributed by atoms with van der Waals surface area (Å²) < 4.78 is 0. The molecule has 0 bridgehead atoms. The maximum atomic E-state index is 12.2. The van der Waals surface area contributed by atoms with Gasteiger partial charge in [-0.25, -0.2) is 0 Å². The first-order valence-electron chi connectivity index (χ1n) is 18.0. The summed E-state index contributed by atoms with van der Waals surface area (Å²) >= 11 is 1.53. The molecule has 0 aromatic heterocycles. The molecule has 2 nitrogen and oxygen atoms in total. The minimum absolute atomic E-state index is 0.0962. The lowest BCUT2D eigenvalue weighted by molar-refractivity contribution is 0.272. The van der Waals surface area contributed by atoms with Crippen LogP contribution in [0.15, 0.2) is 34.1 Å². The lowest BCUT2D eigenvalue weighted by Crippen LogP contribution is -2.28. The van der Waals surface area contributed by atoms with Crippen LogP contribution < -0.4 is 0 Å². The minimum Gasteiger partial charge on any atom is -0.506 e. The number of benzene rings is 2. The van der Waals surface area contributed by atoms with E-state index in [1.54, 1.807) is 0 Å². The first-order chi connectivity index (χ1) is 20.6. The molecule has 0 unspecified atom stereocenters. The Morgan fingerprint density at radius 3 is 0.851 bits per heavy atom. The fraction of sp³-hybridized carbons (Fsp3) is 0.727. The average Bonchev–Trinajstić information content (AvgIpc) is 2.74. The Labute approximate surface area is 296 Å². The molecule has 0 amide bonds. The fourth-order valence-corrected chi connectivity index (χ4v) is 10.0. The number of aromatic hydroxyl groups is 2. The van der Waals surface area contributed by atoms with E-state index in [0.717, 1.165) is 46.6 Å². The zero-order valence-corrected chi connectivity index (χ0v) is 35.3. The average molecular weight is 667 g/mol. The van der Waals surface area contributed by atoms with E-state index in [0.29, 0.717) is 11.5 Å². The summed E-state index contributed by atoms with van der Waals surface area (Å²) in [4.78, 5) is 1.64. The topological polar surface area (TPSA) is 40.5 Å². The van der Waals surface area contributed by atoms with Crippen molar-refractivity contribution in [1.82, 2.24) is 0 Å². The summed E-state index contributed by atoms with van der Waals surface area (Å²) in [5.74, 6) is 0.683. The highest BCUT2D eigenvalue weighted by atomic mass is 32.2. The number of phenols is 2. The number of rotatable bonds is 10. The van der Waals surface area contributed by atoms with Crippen LogP contribution >= 0.6 is 11.8 Å². The molecule has 0 radical (unpaired) electrons. The second kappa shape index (κ2) is 13.3. The van der Waals surface area contributed by atoms with Gasteiger partial charge in [0.25, 0.3) is 0 Å². The van der Waals surface area contributed by atoms with Gasteiger partial charge in [-0.15, -0.1) is 0 Å². The number of phenolic OH excluding ortho intramolecular Hbond substituents is 2. The molecule has 0 aliphatic rings. The Bertz CT molecular complexity index is 1290. The van der Waals surface area contributed by atoms with Crippen LogP contribution in [-0.4, -0.2) is 10.2 Å². The third kappa shape index (κ3) is 11.8. The second-order valence-electron chi connectivity index (χ2n) is 22.3. The van der Waals surface area contributed by atoms with Crippen LogP contribution in [0.3, 0.4) is 0 Å². The second-order valence-corrected chi connectivity index (χ2v) is 23.4. The molecule has 268 valence electrons. The molecule has 0 fully saturated rings. The molecular weight excluding hydrogens is 593 g/mol. The van der Waals surface area contributed by atoms with Gasteiger partial charge in [-0.2, -0.15) is 0 Å². The van der Waals surface area contributed by atoms with E-state index >= 15 is 0 Å². The third-order valence-corrected chi connectivity index (χ3v) is 10.3. The van der Waals surface area contributed by atoms with Crippen LogP contribution in [0.25, 0.3) is 0 Å². The molecule has 2 rings (SSSR count). The van der Waals surface area contributed by atoms with Crippen LogP contribution in [0.2, 0.25) is 0 Å². The molecule has 0 aliphatic heterocycles. The number of hydrogen-bond donors (Lipinski definition) is 2. The Morgan fingerprint density at radius 1 is 0.383 bits per heavy atom. The van der Waals surface area contributed by atoms with Crippen molar-refractivity contribution in [2.24, 2.45) is 21.7 Å². The zero-order chi connectivity index (χ0) is 37.0. The lowest BCUT2D eigenvalue weighted by atomic mass is 9.68. The predicted octanol–water partition coefficient (Wildman–Crippen LogP) is 14.1. The van der Waals surface area contributed by atoms with Crippen molar-refractivity contribution in [2.75, 3.05) is 0 Å². The maximum absolute atomic E-state index is 12.2. The summed E-state index contributed by atoms with van der Waals surface area (Å²) in [7, 11) is 0. The van der Waals surface area contributed by atoms with Gasteiger partial charge in [-0.3, -0.25) is 0 Å². The van der Waals surface area contributed by atoms with Crippen molar-refractivity contribution in [2.45, 2.75) is 196 Å². The van der Waals surface area contributed by atoms with E-state index in [1.807, 2.05) is 0 Å². The van der Waals surface area contributed by atoms with Crippen LogP contribution in [-0.2, 0) is 21.7 Å². The van der Waals surface area contributed by atoms with Gasteiger partial charge in [0, 0.05) is 11.1 Å².